The van der Waals surface area contributed by atoms with Gasteiger partial charge in [-0.05, 0) is 73.0 Å². The van der Waals surface area contributed by atoms with Gasteiger partial charge in [-0.15, -0.1) is 0 Å². The number of hydrogen-bond donors (Lipinski definition) is 0. The molecule has 8 atom stereocenters. The lowest BCUT2D eigenvalue weighted by Crippen LogP contribution is -2.40. The lowest BCUT2D eigenvalue weighted by molar-refractivity contribution is 0.0116. The van der Waals surface area contributed by atoms with Crippen molar-refractivity contribution in [1.82, 2.24) is 0 Å². The fourth-order valence-corrected chi connectivity index (χ4v) is 5.22. The van der Waals surface area contributed by atoms with Crippen LogP contribution < -0.4 is 0 Å². The summed E-state index contributed by atoms with van der Waals surface area (Å²) in [6.07, 6.45) is 5.92. The van der Waals surface area contributed by atoms with Gasteiger partial charge in [0.05, 0.1) is 0 Å². The summed E-state index contributed by atoms with van der Waals surface area (Å²) in [5.74, 6) is 7.71. The van der Waals surface area contributed by atoms with Gasteiger partial charge in [0.1, 0.15) is 0 Å². The first-order valence-corrected chi connectivity index (χ1v) is 8.40. The molecule has 2 rings (SSSR count). The summed E-state index contributed by atoms with van der Waals surface area (Å²) >= 11 is 0. The maximum absolute atomic E-state index is 2.54. The average Bonchev–Trinajstić information content (AvgIpc) is 2.28. The minimum Gasteiger partial charge on any atom is -0.0625 e. The molecule has 2 aliphatic carbocycles. The predicted molar refractivity (Wildman–Crippen MR) is 80.4 cm³/mol. The molecule has 0 amide bonds. The van der Waals surface area contributed by atoms with E-state index < -0.39 is 0 Å². The highest BCUT2D eigenvalue weighted by Gasteiger charge is 2.41. The van der Waals surface area contributed by atoms with Crippen LogP contribution in [0.15, 0.2) is 0 Å². The van der Waals surface area contributed by atoms with Crippen LogP contribution in [0, 0.1) is 47.3 Å². The van der Waals surface area contributed by atoms with Crippen molar-refractivity contribution in [2.45, 2.75) is 67.2 Å². The Kier molecular flexibility index (Phi) is 4.44. The third-order valence-corrected chi connectivity index (χ3v) is 6.59. The summed E-state index contributed by atoms with van der Waals surface area (Å²) in [4.78, 5) is 0. The van der Waals surface area contributed by atoms with Crippen molar-refractivity contribution in [2.75, 3.05) is 0 Å². The quantitative estimate of drug-likeness (QED) is 0.566. The summed E-state index contributed by atoms with van der Waals surface area (Å²) < 4.78 is 0. The first kappa shape index (κ1) is 14.4. The second-order valence-electron chi connectivity index (χ2n) is 8.15. The molecule has 0 radical (unpaired) electrons. The first-order valence-electron chi connectivity index (χ1n) is 8.40. The van der Waals surface area contributed by atoms with Gasteiger partial charge in [0.15, 0.2) is 0 Å². The number of hydrogen-bond acceptors (Lipinski definition) is 0. The highest BCUT2D eigenvalue weighted by atomic mass is 14.5. The molecule has 0 aliphatic heterocycles. The molecule has 0 aromatic heterocycles. The molecule has 0 heterocycles. The minimum atomic E-state index is 0.943. The SMILES string of the molecule is CC1CC(C)C(C)C(C2CC(C)CC(C)C2C)C1. The maximum atomic E-state index is 2.54. The Labute approximate surface area is 115 Å². The van der Waals surface area contributed by atoms with Gasteiger partial charge in [0.2, 0.25) is 0 Å². The van der Waals surface area contributed by atoms with Gasteiger partial charge in [-0.2, -0.15) is 0 Å². The molecule has 106 valence electrons. The van der Waals surface area contributed by atoms with Gasteiger partial charge in [-0.25, -0.2) is 0 Å². The van der Waals surface area contributed by atoms with Crippen LogP contribution >= 0.6 is 0 Å². The van der Waals surface area contributed by atoms with E-state index in [4.69, 9.17) is 0 Å². The highest BCUT2D eigenvalue weighted by molar-refractivity contribution is 4.91. The van der Waals surface area contributed by atoms with E-state index in [1.165, 1.54) is 25.7 Å². The molecule has 2 saturated carbocycles. The monoisotopic (exact) mass is 250 g/mol. The van der Waals surface area contributed by atoms with Gasteiger partial charge >= 0.3 is 0 Å². The molecule has 0 nitrogen and oxygen atoms in total. The van der Waals surface area contributed by atoms with E-state index in [1.807, 2.05) is 0 Å². The molecule has 0 aromatic carbocycles. The minimum absolute atomic E-state index is 0.943. The molecule has 0 N–H and O–H groups in total. The van der Waals surface area contributed by atoms with Crippen LogP contribution in [0.3, 0.4) is 0 Å². The normalized spacial score (nSPS) is 54.3. The number of rotatable bonds is 1. The molecule has 2 fully saturated rings. The van der Waals surface area contributed by atoms with Crippen LogP contribution in [-0.2, 0) is 0 Å². The van der Waals surface area contributed by atoms with E-state index >= 15 is 0 Å². The molecular formula is C18H34. The van der Waals surface area contributed by atoms with E-state index in [0.29, 0.717) is 0 Å². The molecule has 18 heavy (non-hydrogen) atoms. The zero-order valence-corrected chi connectivity index (χ0v) is 13.4. The smallest absolute Gasteiger partial charge is 0.0352 e. The molecule has 0 bridgehead atoms. The van der Waals surface area contributed by atoms with E-state index in [0.717, 1.165) is 47.3 Å². The first-order chi connectivity index (χ1) is 8.40. The largest absolute Gasteiger partial charge is 0.0625 e. The Bertz CT molecular complexity index is 241. The second kappa shape index (κ2) is 5.55. The summed E-state index contributed by atoms with van der Waals surface area (Å²) in [6, 6.07) is 0. The van der Waals surface area contributed by atoms with Crippen molar-refractivity contribution in [3.05, 3.63) is 0 Å². The van der Waals surface area contributed by atoms with Crippen LogP contribution in [0.2, 0.25) is 0 Å². The van der Waals surface area contributed by atoms with Gasteiger partial charge in [0.25, 0.3) is 0 Å². The predicted octanol–water partition coefficient (Wildman–Crippen LogP) is 5.62. The zero-order chi connectivity index (χ0) is 13.4. The summed E-state index contributed by atoms with van der Waals surface area (Å²) in [5.41, 5.74) is 0. The topological polar surface area (TPSA) is 0 Å². The summed E-state index contributed by atoms with van der Waals surface area (Å²) in [7, 11) is 0. The van der Waals surface area contributed by atoms with Gasteiger partial charge in [-0.1, -0.05) is 41.5 Å². The lowest BCUT2D eigenvalue weighted by atomic mass is 9.57. The highest BCUT2D eigenvalue weighted by Crippen LogP contribution is 2.49. The molecular weight excluding hydrogens is 216 g/mol. The summed E-state index contributed by atoms with van der Waals surface area (Å²) in [5, 5.41) is 0. The molecule has 0 saturated heterocycles. The molecule has 0 spiro atoms. The molecule has 8 unspecified atom stereocenters. The zero-order valence-electron chi connectivity index (χ0n) is 13.4. The molecule has 0 aromatic rings. The Morgan fingerprint density at radius 2 is 0.833 bits per heavy atom. The fraction of sp³-hybridized carbons (Fsp3) is 1.00. The van der Waals surface area contributed by atoms with Crippen molar-refractivity contribution in [1.29, 1.82) is 0 Å². The average molecular weight is 250 g/mol. The van der Waals surface area contributed by atoms with Crippen molar-refractivity contribution in [3.8, 4) is 0 Å². The Morgan fingerprint density at radius 3 is 1.17 bits per heavy atom. The van der Waals surface area contributed by atoms with Gasteiger partial charge < -0.3 is 0 Å². The molecule has 0 heteroatoms. The van der Waals surface area contributed by atoms with Gasteiger partial charge in [-0.3, -0.25) is 0 Å². The Balaban J connectivity index is 2.12. The maximum Gasteiger partial charge on any atom is -0.0352 e. The lowest BCUT2D eigenvalue weighted by Gasteiger charge is -2.48. The van der Waals surface area contributed by atoms with Crippen molar-refractivity contribution in [3.63, 3.8) is 0 Å². The van der Waals surface area contributed by atoms with Crippen molar-refractivity contribution >= 4 is 0 Å². The van der Waals surface area contributed by atoms with Crippen LogP contribution in [0.1, 0.15) is 67.2 Å². The van der Waals surface area contributed by atoms with E-state index in [1.54, 1.807) is 0 Å². The van der Waals surface area contributed by atoms with Crippen LogP contribution in [0.4, 0.5) is 0 Å². The van der Waals surface area contributed by atoms with Gasteiger partial charge in [0, 0.05) is 0 Å². The fourth-order valence-electron chi connectivity index (χ4n) is 5.22. The van der Waals surface area contributed by atoms with Crippen LogP contribution in [0.5, 0.6) is 0 Å². The van der Waals surface area contributed by atoms with E-state index in [-0.39, 0.29) is 0 Å². The van der Waals surface area contributed by atoms with Crippen molar-refractivity contribution in [2.24, 2.45) is 47.3 Å². The van der Waals surface area contributed by atoms with E-state index in [2.05, 4.69) is 41.5 Å². The van der Waals surface area contributed by atoms with Crippen molar-refractivity contribution < 1.29 is 0 Å². The Hall–Kier alpha value is 0. The summed E-state index contributed by atoms with van der Waals surface area (Å²) in [6.45, 7) is 15.0. The standard InChI is InChI=1S/C18H34/c1-11-7-13(3)15(5)17(9-11)18-10-12(2)8-14(4)16(18)6/h11-18H,7-10H2,1-6H3. The Morgan fingerprint density at radius 1 is 0.500 bits per heavy atom. The molecule has 2 aliphatic rings. The van der Waals surface area contributed by atoms with Crippen LogP contribution in [0.25, 0.3) is 0 Å². The third-order valence-electron chi connectivity index (χ3n) is 6.59. The third kappa shape index (κ3) is 2.78. The van der Waals surface area contributed by atoms with Crippen LogP contribution in [-0.4, -0.2) is 0 Å². The van der Waals surface area contributed by atoms with E-state index in [9.17, 15) is 0 Å². The second-order valence-corrected chi connectivity index (χ2v) is 8.15.